The van der Waals surface area contributed by atoms with Crippen molar-refractivity contribution < 1.29 is 4.74 Å². The van der Waals surface area contributed by atoms with Crippen LogP contribution in [0.1, 0.15) is 16.7 Å². The zero-order chi connectivity index (χ0) is 17.6. The molecule has 4 heteroatoms. The molecule has 0 aromatic heterocycles. The molecule has 0 amide bonds. The maximum atomic E-state index is 6.03. The van der Waals surface area contributed by atoms with E-state index in [1.54, 1.807) is 0 Å². The van der Waals surface area contributed by atoms with Crippen molar-refractivity contribution in [2.45, 2.75) is 20.1 Å². The Bertz CT molecular complexity index is 866. The number of para-hydroxylation sites is 1. The lowest BCUT2D eigenvalue weighted by molar-refractivity contribution is 0.303. The largest absolute Gasteiger partial charge is 0.489 e. The zero-order valence-corrected chi connectivity index (χ0v) is 16.3. The van der Waals surface area contributed by atoms with Crippen LogP contribution in [0.4, 0.5) is 5.69 Å². The van der Waals surface area contributed by atoms with Crippen molar-refractivity contribution in [2.75, 3.05) is 5.32 Å². The SMILES string of the molecule is Cc1cc(Br)ccc1NCc1ccccc1OCc1cccc(Cl)c1. The first-order valence-corrected chi connectivity index (χ1v) is 9.24. The van der Waals surface area contributed by atoms with Gasteiger partial charge in [0.05, 0.1) is 0 Å². The molecule has 0 aliphatic rings. The molecule has 0 radical (unpaired) electrons. The molecule has 2 nitrogen and oxygen atoms in total. The third-order valence-corrected chi connectivity index (χ3v) is 4.64. The second kappa shape index (κ2) is 8.41. The lowest BCUT2D eigenvalue weighted by atomic mass is 10.1. The van der Waals surface area contributed by atoms with E-state index in [-0.39, 0.29) is 0 Å². The first-order chi connectivity index (χ1) is 12.1. The summed E-state index contributed by atoms with van der Waals surface area (Å²) >= 11 is 9.53. The predicted octanol–water partition coefficient (Wildman–Crippen LogP) is 6.60. The summed E-state index contributed by atoms with van der Waals surface area (Å²) in [5.41, 5.74) is 4.49. The quantitative estimate of drug-likeness (QED) is 0.488. The van der Waals surface area contributed by atoms with Crippen LogP contribution >= 0.6 is 27.5 Å². The minimum absolute atomic E-state index is 0.495. The van der Waals surface area contributed by atoms with E-state index in [0.29, 0.717) is 13.2 Å². The highest BCUT2D eigenvalue weighted by atomic mass is 79.9. The molecule has 3 rings (SSSR count). The van der Waals surface area contributed by atoms with Gasteiger partial charge in [-0.15, -0.1) is 0 Å². The molecule has 0 aliphatic heterocycles. The van der Waals surface area contributed by atoms with Crippen molar-refractivity contribution in [3.05, 3.63) is 92.9 Å². The minimum atomic E-state index is 0.495. The molecular weight excluding hydrogens is 398 g/mol. The fourth-order valence-corrected chi connectivity index (χ4v) is 3.28. The molecule has 0 bridgehead atoms. The van der Waals surface area contributed by atoms with E-state index in [1.807, 2.05) is 48.5 Å². The Morgan fingerprint density at radius 1 is 1.00 bits per heavy atom. The molecule has 0 saturated heterocycles. The Kier molecular flexibility index (Phi) is 6.00. The predicted molar refractivity (Wildman–Crippen MR) is 108 cm³/mol. The smallest absolute Gasteiger partial charge is 0.124 e. The molecule has 128 valence electrons. The van der Waals surface area contributed by atoms with Crippen LogP contribution in [-0.4, -0.2) is 0 Å². The van der Waals surface area contributed by atoms with E-state index in [0.717, 1.165) is 32.1 Å². The molecule has 0 atom stereocenters. The summed E-state index contributed by atoms with van der Waals surface area (Å²) in [4.78, 5) is 0. The minimum Gasteiger partial charge on any atom is -0.489 e. The van der Waals surface area contributed by atoms with E-state index in [4.69, 9.17) is 16.3 Å². The van der Waals surface area contributed by atoms with E-state index in [9.17, 15) is 0 Å². The van der Waals surface area contributed by atoms with Gasteiger partial charge < -0.3 is 10.1 Å². The molecule has 0 spiro atoms. The van der Waals surface area contributed by atoms with Crippen LogP contribution in [0.25, 0.3) is 0 Å². The molecular formula is C21H19BrClNO. The van der Waals surface area contributed by atoms with E-state index >= 15 is 0 Å². The number of hydrogen-bond donors (Lipinski definition) is 1. The van der Waals surface area contributed by atoms with Gasteiger partial charge in [-0.3, -0.25) is 0 Å². The highest BCUT2D eigenvalue weighted by Gasteiger charge is 2.05. The number of aryl methyl sites for hydroxylation is 1. The van der Waals surface area contributed by atoms with Gasteiger partial charge in [-0.25, -0.2) is 0 Å². The topological polar surface area (TPSA) is 21.3 Å². The fraction of sp³-hybridized carbons (Fsp3) is 0.143. The van der Waals surface area contributed by atoms with Crippen molar-refractivity contribution in [2.24, 2.45) is 0 Å². The molecule has 0 unspecified atom stereocenters. The van der Waals surface area contributed by atoms with Crippen LogP contribution < -0.4 is 10.1 Å². The first kappa shape index (κ1) is 17.8. The summed E-state index contributed by atoms with van der Waals surface area (Å²) in [7, 11) is 0. The fourth-order valence-electron chi connectivity index (χ4n) is 2.59. The van der Waals surface area contributed by atoms with Gasteiger partial charge in [0.15, 0.2) is 0 Å². The van der Waals surface area contributed by atoms with Crippen LogP contribution in [0, 0.1) is 6.92 Å². The summed E-state index contributed by atoms with van der Waals surface area (Å²) < 4.78 is 7.09. The van der Waals surface area contributed by atoms with Crippen molar-refractivity contribution in [3.8, 4) is 5.75 Å². The number of benzene rings is 3. The van der Waals surface area contributed by atoms with Gasteiger partial charge in [-0.1, -0.05) is 57.9 Å². The average Bonchev–Trinajstić information content (AvgIpc) is 2.60. The molecule has 1 N–H and O–H groups in total. The molecule has 25 heavy (non-hydrogen) atoms. The molecule has 0 heterocycles. The van der Waals surface area contributed by atoms with Gasteiger partial charge in [-0.2, -0.15) is 0 Å². The van der Waals surface area contributed by atoms with Gasteiger partial charge in [0.1, 0.15) is 12.4 Å². The van der Waals surface area contributed by atoms with Crippen molar-refractivity contribution in [1.82, 2.24) is 0 Å². The molecule has 0 fully saturated rings. The van der Waals surface area contributed by atoms with E-state index in [1.165, 1.54) is 5.56 Å². The second-order valence-corrected chi connectivity index (χ2v) is 7.19. The summed E-state index contributed by atoms with van der Waals surface area (Å²) in [6, 6.07) is 22.0. The maximum absolute atomic E-state index is 6.03. The van der Waals surface area contributed by atoms with Crippen LogP contribution in [-0.2, 0) is 13.2 Å². The molecule has 3 aromatic rings. The Labute approximate surface area is 161 Å². The number of halogens is 2. The Morgan fingerprint density at radius 2 is 1.84 bits per heavy atom. The van der Waals surface area contributed by atoms with Crippen LogP contribution in [0.3, 0.4) is 0 Å². The maximum Gasteiger partial charge on any atom is 0.124 e. The van der Waals surface area contributed by atoms with Gasteiger partial charge in [-0.05, 0) is 54.4 Å². The van der Waals surface area contributed by atoms with Gasteiger partial charge in [0.25, 0.3) is 0 Å². The van der Waals surface area contributed by atoms with Gasteiger partial charge in [0, 0.05) is 27.3 Å². The Morgan fingerprint density at radius 3 is 2.64 bits per heavy atom. The molecule has 0 saturated carbocycles. The Hall–Kier alpha value is -1.97. The van der Waals surface area contributed by atoms with Crippen LogP contribution in [0.2, 0.25) is 5.02 Å². The number of nitrogens with one attached hydrogen (secondary N) is 1. The molecule has 3 aromatic carbocycles. The standard InChI is InChI=1S/C21H19BrClNO/c1-15-11-18(22)9-10-20(15)24-13-17-6-2-3-8-21(17)25-14-16-5-4-7-19(23)12-16/h2-12,24H,13-14H2,1H3. The van der Waals surface area contributed by atoms with Crippen LogP contribution in [0.15, 0.2) is 71.2 Å². The lowest BCUT2D eigenvalue weighted by Gasteiger charge is -2.14. The van der Waals surface area contributed by atoms with Gasteiger partial charge in [0.2, 0.25) is 0 Å². The first-order valence-electron chi connectivity index (χ1n) is 8.07. The number of rotatable bonds is 6. The normalized spacial score (nSPS) is 10.5. The lowest BCUT2D eigenvalue weighted by Crippen LogP contribution is -2.04. The highest BCUT2D eigenvalue weighted by molar-refractivity contribution is 9.10. The number of ether oxygens (including phenoxy) is 1. The Balaban J connectivity index is 1.68. The second-order valence-electron chi connectivity index (χ2n) is 5.84. The van der Waals surface area contributed by atoms with Gasteiger partial charge >= 0.3 is 0 Å². The van der Waals surface area contributed by atoms with Crippen molar-refractivity contribution >= 4 is 33.2 Å². The number of anilines is 1. The van der Waals surface area contributed by atoms with E-state index in [2.05, 4.69) is 46.4 Å². The summed E-state index contributed by atoms with van der Waals surface area (Å²) in [6.45, 7) is 3.29. The van der Waals surface area contributed by atoms with Crippen molar-refractivity contribution in [3.63, 3.8) is 0 Å². The third-order valence-electron chi connectivity index (χ3n) is 3.91. The third kappa shape index (κ3) is 5.00. The molecule has 0 aliphatic carbocycles. The highest BCUT2D eigenvalue weighted by Crippen LogP contribution is 2.24. The summed E-state index contributed by atoms with van der Waals surface area (Å²) in [5.74, 6) is 0.879. The van der Waals surface area contributed by atoms with E-state index < -0.39 is 0 Å². The summed E-state index contributed by atoms with van der Waals surface area (Å²) in [5, 5.41) is 4.21. The van der Waals surface area contributed by atoms with Crippen LogP contribution in [0.5, 0.6) is 5.75 Å². The monoisotopic (exact) mass is 415 g/mol. The summed E-state index contributed by atoms with van der Waals surface area (Å²) in [6.07, 6.45) is 0. The zero-order valence-electron chi connectivity index (χ0n) is 13.9. The van der Waals surface area contributed by atoms with Crippen molar-refractivity contribution in [1.29, 1.82) is 0 Å². The average molecular weight is 417 g/mol. The number of hydrogen-bond acceptors (Lipinski definition) is 2.